The van der Waals surface area contributed by atoms with Crippen LogP contribution in [0.4, 0.5) is 0 Å². The molecule has 0 saturated heterocycles. The van der Waals surface area contributed by atoms with Crippen molar-refractivity contribution in [2.24, 2.45) is 5.84 Å². The van der Waals surface area contributed by atoms with Crippen molar-refractivity contribution in [1.29, 1.82) is 0 Å². The Labute approximate surface area is 117 Å². The van der Waals surface area contributed by atoms with Gasteiger partial charge in [-0.05, 0) is 43.0 Å². The summed E-state index contributed by atoms with van der Waals surface area (Å²) in [6.07, 6.45) is 2.55. The molecular weight excluding hydrogens is 316 g/mol. The van der Waals surface area contributed by atoms with E-state index < -0.39 is 9.84 Å². The summed E-state index contributed by atoms with van der Waals surface area (Å²) in [6.45, 7) is 2.01. The van der Waals surface area contributed by atoms with Crippen LogP contribution in [0.1, 0.15) is 30.0 Å². The lowest BCUT2D eigenvalue weighted by molar-refractivity contribution is 0.505. The van der Waals surface area contributed by atoms with Crippen LogP contribution in [0, 0.1) is 6.92 Å². The lowest BCUT2D eigenvalue weighted by atomic mass is 9.98. The molecule has 0 radical (unpaired) electrons. The first-order valence-corrected chi connectivity index (χ1v) is 8.59. The van der Waals surface area contributed by atoms with Gasteiger partial charge in [-0.2, -0.15) is 0 Å². The number of halogens is 1. The van der Waals surface area contributed by atoms with Crippen molar-refractivity contribution in [3.05, 3.63) is 33.8 Å². The quantitative estimate of drug-likeness (QED) is 0.617. The van der Waals surface area contributed by atoms with E-state index >= 15 is 0 Å². The third-order valence-electron chi connectivity index (χ3n) is 2.82. The molecule has 0 aromatic heterocycles. The second-order valence-electron chi connectivity index (χ2n) is 4.49. The lowest BCUT2D eigenvalue weighted by Gasteiger charge is -2.18. The number of hydrazine groups is 1. The zero-order valence-corrected chi connectivity index (χ0v) is 13.0. The summed E-state index contributed by atoms with van der Waals surface area (Å²) in [4.78, 5) is 0. The third kappa shape index (κ3) is 5.06. The van der Waals surface area contributed by atoms with Gasteiger partial charge in [-0.15, -0.1) is 0 Å². The second kappa shape index (κ2) is 6.65. The molecule has 0 amide bonds. The standard InChI is InChI=1S/C12H19BrN2O2S/c1-9-8-10(13)5-6-11(9)12(15-14)4-3-7-18(2,16)17/h5-6,8,12,15H,3-4,7,14H2,1-2H3. The molecule has 1 unspecified atom stereocenters. The van der Waals surface area contributed by atoms with E-state index in [0.717, 1.165) is 15.6 Å². The molecule has 0 aliphatic carbocycles. The summed E-state index contributed by atoms with van der Waals surface area (Å²) in [5, 5.41) is 0. The Morgan fingerprint density at radius 2 is 2.11 bits per heavy atom. The van der Waals surface area contributed by atoms with Gasteiger partial charge in [0.15, 0.2) is 0 Å². The van der Waals surface area contributed by atoms with E-state index in [1.54, 1.807) is 0 Å². The van der Waals surface area contributed by atoms with Gasteiger partial charge in [-0.25, -0.2) is 8.42 Å². The van der Waals surface area contributed by atoms with Crippen LogP contribution in [0.25, 0.3) is 0 Å². The van der Waals surface area contributed by atoms with E-state index in [1.807, 2.05) is 25.1 Å². The number of sulfone groups is 1. The van der Waals surface area contributed by atoms with Gasteiger partial charge in [0.1, 0.15) is 9.84 Å². The van der Waals surface area contributed by atoms with Crippen LogP contribution in [0.15, 0.2) is 22.7 Å². The first-order chi connectivity index (χ1) is 8.33. The molecule has 0 heterocycles. The molecule has 1 aromatic carbocycles. The van der Waals surface area contributed by atoms with Crippen LogP contribution in [-0.4, -0.2) is 20.4 Å². The minimum Gasteiger partial charge on any atom is -0.271 e. The molecule has 0 saturated carbocycles. The van der Waals surface area contributed by atoms with Crippen molar-refractivity contribution in [1.82, 2.24) is 5.43 Å². The second-order valence-corrected chi connectivity index (χ2v) is 7.67. The third-order valence-corrected chi connectivity index (χ3v) is 4.34. The molecule has 0 aliphatic heterocycles. The highest BCUT2D eigenvalue weighted by Crippen LogP contribution is 2.24. The fourth-order valence-corrected chi connectivity index (χ4v) is 3.07. The monoisotopic (exact) mass is 334 g/mol. The normalized spacial score (nSPS) is 13.6. The van der Waals surface area contributed by atoms with Crippen molar-refractivity contribution in [3.63, 3.8) is 0 Å². The highest BCUT2D eigenvalue weighted by Gasteiger charge is 2.13. The summed E-state index contributed by atoms with van der Waals surface area (Å²) in [5.74, 6) is 5.75. The van der Waals surface area contributed by atoms with E-state index in [1.165, 1.54) is 6.26 Å². The van der Waals surface area contributed by atoms with Crippen molar-refractivity contribution in [3.8, 4) is 0 Å². The summed E-state index contributed by atoms with van der Waals surface area (Å²) < 4.78 is 23.2. The van der Waals surface area contributed by atoms with E-state index in [9.17, 15) is 8.42 Å². The van der Waals surface area contributed by atoms with Crippen molar-refractivity contribution < 1.29 is 8.42 Å². The largest absolute Gasteiger partial charge is 0.271 e. The number of nitrogens with one attached hydrogen (secondary N) is 1. The maximum Gasteiger partial charge on any atom is 0.147 e. The van der Waals surface area contributed by atoms with Crippen LogP contribution in [0.3, 0.4) is 0 Å². The first-order valence-electron chi connectivity index (χ1n) is 5.73. The Balaban J connectivity index is 2.71. The number of hydrogen-bond donors (Lipinski definition) is 2. The van der Waals surface area contributed by atoms with E-state index in [-0.39, 0.29) is 11.8 Å². The van der Waals surface area contributed by atoms with Crippen molar-refractivity contribution in [2.45, 2.75) is 25.8 Å². The molecule has 6 heteroatoms. The van der Waals surface area contributed by atoms with Crippen LogP contribution in [0.2, 0.25) is 0 Å². The summed E-state index contributed by atoms with van der Waals surface area (Å²) in [5.41, 5.74) is 4.99. The average molecular weight is 335 g/mol. The van der Waals surface area contributed by atoms with Gasteiger partial charge in [0, 0.05) is 22.5 Å². The molecule has 102 valence electrons. The molecule has 18 heavy (non-hydrogen) atoms. The Morgan fingerprint density at radius 1 is 1.44 bits per heavy atom. The van der Waals surface area contributed by atoms with Gasteiger partial charge in [0.05, 0.1) is 0 Å². The minimum atomic E-state index is -2.90. The fraction of sp³-hybridized carbons (Fsp3) is 0.500. The summed E-state index contributed by atoms with van der Waals surface area (Å²) >= 11 is 3.42. The fourth-order valence-electron chi connectivity index (χ4n) is 1.91. The van der Waals surface area contributed by atoms with Crippen LogP contribution >= 0.6 is 15.9 Å². The topological polar surface area (TPSA) is 72.2 Å². The molecule has 0 aliphatic rings. The molecule has 4 nitrogen and oxygen atoms in total. The molecule has 0 spiro atoms. The predicted molar refractivity (Wildman–Crippen MR) is 77.9 cm³/mol. The smallest absolute Gasteiger partial charge is 0.147 e. The highest BCUT2D eigenvalue weighted by molar-refractivity contribution is 9.10. The Morgan fingerprint density at radius 3 is 2.61 bits per heavy atom. The van der Waals surface area contributed by atoms with Crippen molar-refractivity contribution >= 4 is 25.8 Å². The predicted octanol–water partition coefficient (Wildman–Crippen LogP) is 2.09. The molecule has 0 fully saturated rings. The molecule has 1 aromatic rings. The Hall–Kier alpha value is -0.430. The number of aryl methyl sites for hydroxylation is 1. The maximum absolute atomic E-state index is 11.1. The average Bonchev–Trinajstić information content (AvgIpc) is 2.24. The SMILES string of the molecule is Cc1cc(Br)ccc1C(CCCS(C)(=O)=O)NN. The molecule has 1 atom stereocenters. The molecule has 1 rings (SSSR count). The van der Waals surface area contributed by atoms with Gasteiger partial charge in [-0.1, -0.05) is 22.0 Å². The van der Waals surface area contributed by atoms with Gasteiger partial charge >= 0.3 is 0 Å². The van der Waals surface area contributed by atoms with Crippen molar-refractivity contribution in [2.75, 3.05) is 12.0 Å². The van der Waals surface area contributed by atoms with Crippen LogP contribution < -0.4 is 11.3 Å². The van der Waals surface area contributed by atoms with Gasteiger partial charge in [0.2, 0.25) is 0 Å². The number of rotatable bonds is 6. The molecule has 0 bridgehead atoms. The van der Waals surface area contributed by atoms with Gasteiger partial charge in [0.25, 0.3) is 0 Å². The number of nitrogens with two attached hydrogens (primary N) is 1. The Bertz CT molecular complexity index is 503. The van der Waals surface area contributed by atoms with Gasteiger partial charge in [-0.3, -0.25) is 11.3 Å². The lowest BCUT2D eigenvalue weighted by Crippen LogP contribution is -2.29. The highest BCUT2D eigenvalue weighted by atomic mass is 79.9. The van der Waals surface area contributed by atoms with Crippen LogP contribution in [-0.2, 0) is 9.84 Å². The zero-order chi connectivity index (χ0) is 13.8. The summed E-state index contributed by atoms with van der Waals surface area (Å²) in [6, 6.07) is 5.98. The van der Waals surface area contributed by atoms with Gasteiger partial charge < -0.3 is 0 Å². The molecular formula is C12H19BrN2O2S. The maximum atomic E-state index is 11.1. The first kappa shape index (κ1) is 15.6. The van der Waals surface area contributed by atoms with E-state index in [4.69, 9.17) is 5.84 Å². The van der Waals surface area contributed by atoms with E-state index in [2.05, 4.69) is 21.4 Å². The molecule has 3 N–H and O–H groups in total. The number of benzene rings is 1. The number of hydrogen-bond acceptors (Lipinski definition) is 4. The van der Waals surface area contributed by atoms with Crippen LogP contribution in [0.5, 0.6) is 0 Å². The minimum absolute atomic E-state index is 0.0140. The Kier molecular flexibility index (Phi) is 5.78. The zero-order valence-electron chi connectivity index (χ0n) is 10.6. The summed E-state index contributed by atoms with van der Waals surface area (Å²) in [7, 11) is -2.90. The van der Waals surface area contributed by atoms with E-state index in [0.29, 0.717) is 12.8 Å².